The summed E-state index contributed by atoms with van der Waals surface area (Å²) in [5, 5.41) is 11.3. The van der Waals surface area contributed by atoms with Crippen LogP contribution in [-0.2, 0) is 32.7 Å². The Hall–Kier alpha value is -3.55. The van der Waals surface area contributed by atoms with Gasteiger partial charge in [0, 0.05) is 11.3 Å². The van der Waals surface area contributed by atoms with Crippen LogP contribution in [0.15, 0.2) is 42.6 Å². The minimum Gasteiger partial charge on any atom is -0.469 e. The largest absolute Gasteiger partial charge is 0.469 e. The topological polar surface area (TPSA) is 86.1 Å². The first-order valence-corrected chi connectivity index (χ1v) is 13.8. The Morgan fingerprint density at radius 1 is 1.18 bits per heavy atom. The molecule has 0 unspecified atom stereocenters. The van der Waals surface area contributed by atoms with Crippen LogP contribution in [0.25, 0.3) is 11.3 Å². The summed E-state index contributed by atoms with van der Waals surface area (Å²) in [5.41, 5.74) is 4.34. The number of nitrogens with one attached hydrogen (secondary N) is 1. The number of methoxy groups -OCH3 is 1. The van der Waals surface area contributed by atoms with E-state index in [1.54, 1.807) is 24.4 Å². The monoisotopic (exact) mass is 532 g/mol. The molecule has 0 saturated heterocycles. The van der Waals surface area contributed by atoms with Crippen LogP contribution in [0, 0.1) is 17.2 Å². The summed E-state index contributed by atoms with van der Waals surface area (Å²) in [4.78, 5) is 26.2. The zero-order chi connectivity index (χ0) is 27.9. The fourth-order valence-electron chi connectivity index (χ4n) is 7.18. The molecule has 0 spiro atoms. The molecule has 1 aromatic heterocycles. The summed E-state index contributed by atoms with van der Waals surface area (Å²) in [6.07, 6.45) is 5.98. The number of rotatable bonds is 6. The van der Waals surface area contributed by atoms with Crippen molar-refractivity contribution in [2.45, 2.75) is 77.7 Å². The smallest absolute Gasteiger partial charge is 0.311 e. The summed E-state index contributed by atoms with van der Waals surface area (Å²) in [6.45, 7) is 8.54. The quantitative estimate of drug-likeness (QED) is 0.392. The minimum absolute atomic E-state index is 0.0387. The van der Waals surface area contributed by atoms with Gasteiger partial charge in [0.25, 0.3) is 0 Å². The molecule has 8 heteroatoms. The predicted molar refractivity (Wildman–Crippen MR) is 148 cm³/mol. The maximum absolute atomic E-state index is 14.2. The Balaban J connectivity index is 1.45. The molecule has 0 aliphatic heterocycles. The third kappa shape index (κ3) is 4.64. The second-order valence-corrected chi connectivity index (χ2v) is 11.8. The van der Waals surface area contributed by atoms with Crippen molar-refractivity contribution in [2.24, 2.45) is 11.3 Å². The number of nitrogens with zero attached hydrogens (tertiary/aromatic N) is 3. The number of ether oxygens (including phenoxy) is 1. The normalized spacial score (nSPS) is 24.1. The zero-order valence-electron chi connectivity index (χ0n) is 23.4. The van der Waals surface area contributed by atoms with E-state index in [1.165, 1.54) is 23.4 Å². The highest BCUT2D eigenvalue weighted by Crippen LogP contribution is 2.58. The molecule has 1 fully saturated rings. The van der Waals surface area contributed by atoms with Crippen molar-refractivity contribution in [3.8, 4) is 11.3 Å². The second kappa shape index (κ2) is 10.2. The van der Waals surface area contributed by atoms with Gasteiger partial charge in [-0.3, -0.25) is 9.59 Å². The first-order valence-electron chi connectivity index (χ1n) is 13.8. The van der Waals surface area contributed by atoms with Gasteiger partial charge in [-0.1, -0.05) is 56.7 Å². The van der Waals surface area contributed by atoms with Gasteiger partial charge in [0.05, 0.1) is 18.7 Å². The summed E-state index contributed by atoms with van der Waals surface area (Å²) < 4.78 is 20.9. The lowest BCUT2D eigenvalue weighted by Crippen LogP contribution is -2.52. The third-order valence-corrected chi connectivity index (χ3v) is 9.11. The number of halogens is 1. The van der Waals surface area contributed by atoms with Gasteiger partial charge in [-0.05, 0) is 78.7 Å². The molecular weight excluding hydrogens is 495 g/mol. The molecule has 39 heavy (non-hydrogen) atoms. The van der Waals surface area contributed by atoms with E-state index in [9.17, 15) is 14.0 Å². The molecule has 0 bridgehead atoms. The third-order valence-electron chi connectivity index (χ3n) is 9.11. The molecule has 1 amide bonds. The Bertz CT molecular complexity index is 1420. The molecule has 1 N–H and O–H groups in total. The van der Waals surface area contributed by atoms with Gasteiger partial charge in [0.2, 0.25) is 5.91 Å². The highest BCUT2D eigenvalue weighted by molar-refractivity contribution is 5.93. The van der Waals surface area contributed by atoms with E-state index in [1.807, 2.05) is 0 Å². The first kappa shape index (κ1) is 27.0. The summed E-state index contributed by atoms with van der Waals surface area (Å²) in [7, 11) is 1.48. The molecular formula is C31H37FN4O3. The van der Waals surface area contributed by atoms with Crippen molar-refractivity contribution in [3.05, 3.63) is 65.1 Å². The molecule has 5 rings (SSSR count). The molecule has 3 atom stereocenters. The average molecular weight is 533 g/mol. The SMILES string of the molecule is COC(=O)[C@]1(C)CCC[C@]2(C)c3ccc(C(C)C)c(NC(=O)Cn4cc(-c5ccccc5F)nn4)c3CC[C@@H]12. The van der Waals surface area contributed by atoms with E-state index in [0.29, 0.717) is 11.3 Å². The maximum atomic E-state index is 14.2. The van der Waals surface area contributed by atoms with Gasteiger partial charge < -0.3 is 10.1 Å². The van der Waals surface area contributed by atoms with Crippen LogP contribution >= 0.6 is 0 Å². The molecule has 7 nitrogen and oxygen atoms in total. The van der Waals surface area contributed by atoms with Crippen molar-refractivity contribution in [2.75, 3.05) is 12.4 Å². The van der Waals surface area contributed by atoms with E-state index in [0.717, 1.165) is 48.9 Å². The predicted octanol–water partition coefficient (Wildman–Crippen LogP) is 6.03. The van der Waals surface area contributed by atoms with Crippen molar-refractivity contribution in [3.63, 3.8) is 0 Å². The van der Waals surface area contributed by atoms with Crippen LogP contribution in [0.4, 0.5) is 10.1 Å². The van der Waals surface area contributed by atoms with Crippen molar-refractivity contribution < 1.29 is 18.7 Å². The fraction of sp³-hybridized carbons (Fsp3) is 0.484. The fourth-order valence-corrected chi connectivity index (χ4v) is 7.18. The van der Waals surface area contributed by atoms with Crippen LogP contribution in [0.3, 0.4) is 0 Å². The van der Waals surface area contributed by atoms with Crippen LogP contribution < -0.4 is 5.32 Å². The Labute approximate surface area is 229 Å². The number of carbonyl (C=O) groups excluding carboxylic acids is 2. The molecule has 206 valence electrons. The van der Waals surface area contributed by atoms with E-state index in [-0.39, 0.29) is 41.5 Å². The van der Waals surface area contributed by atoms with Gasteiger partial charge in [-0.15, -0.1) is 5.10 Å². The highest BCUT2D eigenvalue weighted by atomic mass is 19.1. The molecule has 2 aliphatic carbocycles. The number of hydrogen-bond acceptors (Lipinski definition) is 5. The second-order valence-electron chi connectivity index (χ2n) is 11.8. The van der Waals surface area contributed by atoms with Crippen LogP contribution in [-0.4, -0.2) is 34.0 Å². The van der Waals surface area contributed by atoms with Gasteiger partial charge in [-0.25, -0.2) is 9.07 Å². The molecule has 1 saturated carbocycles. The van der Waals surface area contributed by atoms with E-state index in [2.05, 4.69) is 55.5 Å². The van der Waals surface area contributed by atoms with E-state index >= 15 is 0 Å². The standard InChI is InChI=1S/C31H37FN4O3/c1-19(2)20-11-13-23-21(12-14-26-30(23,3)15-8-16-31(26,4)29(38)39-5)28(20)33-27(37)18-36-17-25(34-35-36)22-9-6-7-10-24(22)32/h6-7,9-11,13,17,19,26H,8,12,14-16,18H2,1-5H3,(H,33,37)/t26-,30-,31-/m1/s1. The number of benzene rings is 2. The lowest BCUT2D eigenvalue weighted by atomic mass is 9.49. The Morgan fingerprint density at radius 2 is 1.95 bits per heavy atom. The summed E-state index contributed by atoms with van der Waals surface area (Å²) in [5.74, 6) is -0.354. The minimum atomic E-state index is -0.525. The maximum Gasteiger partial charge on any atom is 0.311 e. The molecule has 3 aromatic rings. The van der Waals surface area contributed by atoms with E-state index < -0.39 is 5.41 Å². The summed E-state index contributed by atoms with van der Waals surface area (Å²) >= 11 is 0. The molecule has 1 heterocycles. The first-order chi connectivity index (χ1) is 18.6. The Morgan fingerprint density at radius 3 is 2.67 bits per heavy atom. The lowest BCUT2D eigenvalue weighted by molar-refractivity contribution is -0.161. The highest BCUT2D eigenvalue weighted by Gasteiger charge is 2.56. The van der Waals surface area contributed by atoms with Crippen LogP contribution in [0.2, 0.25) is 0 Å². The molecule has 2 aliphatic rings. The van der Waals surface area contributed by atoms with Crippen molar-refractivity contribution in [1.82, 2.24) is 15.0 Å². The van der Waals surface area contributed by atoms with Gasteiger partial charge in [0.1, 0.15) is 18.1 Å². The van der Waals surface area contributed by atoms with Crippen LogP contribution in [0.1, 0.15) is 76.0 Å². The number of carbonyl (C=O) groups is 2. The zero-order valence-corrected chi connectivity index (χ0v) is 23.4. The number of hydrogen-bond donors (Lipinski definition) is 1. The van der Waals surface area contributed by atoms with E-state index in [4.69, 9.17) is 4.74 Å². The number of aromatic nitrogens is 3. The van der Waals surface area contributed by atoms with Gasteiger partial charge in [-0.2, -0.15) is 0 Å². The number of fused-ring (bicyclic) bond motifs is 3. The van der Waals surface area contributed by atoms with Crippen LogP contribution in [0.5, 0.6) is 0 Å². The average Bonchev–Trinajstić information content (AvgIpc) is 3.36. The van der Waals surface area contributed by atoms with Crippen molar-refractivity contribution >= 4 is 17.6 Å². The van der Waals surface area contributed by atoms with Gasteiger partial charge >= 0.3 is 5.97 Å². The number of esters is 1. The number of amides is 1. The van der Waals surface area contributed by atoms with Gasteiger partial charge in [0.15, 0.2) is 0 Å². The lowest BCUT2D eigenvalue weighted by Gasteiger charge is -2.54. The Kier molecular flexibility index (Phi) is 7.08. The summed E-state index contributed by atoms with van der Waals surface area (Å²) in [6, 6.07) is 10.7. The molecule has 0 radical (unpaired) electrons. The number of anilines is 1. The molecule has 2 aromatic carbocycles. The van der Waals surface area contributed by atoms with Crippen molar-refractivity contribution in [1.29, 1.82) is 0 Å².